The van der Waals surface area contributed by atoms with Gasteiger partial charge in [0.05, 0.1) is 24.8 Å². The molecule has 170 valence electrons. The third-order valence-corrected chi connectivity index (χ3v) is 5.49. The number of hydrogen-bond donors (Lipinski definition) is 1. The first-order valence-electron chi connectivity index (χ1n) is 11.0. The Balaban J connectivity index is 2.03. The average Bonchev–Trinajstić information content (AvgIpc) is 3.06. The SMILES string of the molecule is CCc1ccc(/C(O)=C2/C(=O)C(=O)N(CCOC)C2c2ccc(OCC(C)C)cc2)cc1. The number of benzene rings is 2. The van der Waals surface area contributed by atoms with E-state index in [2.05, 4.69) is 13.8 Å². The lowest BCUT2D eigenvalue weighted by atomic mass is 9.95. The summed E-state index contributed by atoms with van der Waals surface area (Å²) in [5.41, 5.74) is 2.44. The van der Waals surface area contributed by atoms with Crippen LogP contribution in [0.1, 0.15) is 43.5 Å². The number of aliphatic hydroxyl groups excluding tert-OH is 1. The predicted molar refractivity (Wildman–Crippen MR) is 123 cm³/mol. The number of rotatable bonds is 9. The van der Waals surface area contributed by atoms with Crippen molar-refractivity contribution in [2.24, 2.45) is 5.92 Å². The lowest BCUT2D eigenvalue weighted by molar-refractivity contribution is -0.140. The van der Waals surface area contributed by atoms with Crippen molar-refractivity contribution >= 4 is 17.4 Å². The van der Waals surface area contributed by atoms with Crippen LogP contribution in [0.5, 0.6) is 5.75 Å². The standard InChI is InChI=1S/C26H31NO5/c1-5-18-6-8-20(9-7-18)24(28)22-23(27(14-15-31-4)26(30)25(22)29)19-10-12-21(13-11-19)32-16-17(2)3/h6-13,17,23,28H,5,14-16H2,1-4H3/b24-22-. The highest BCUT2D eigenvalue weighted by Crippen LogP contribution is 2.39. The number of carbonyl (C=O) groups excluding carboxylic acids is 2. The van der Waals surface area contributed by atoms with E-state index in [1.54, 1.807) is 19.2 Å². The van der Waals surface area contributed by atoms with Gasteiger partial charge in [-0.2, -0.15) is 0 Å². The highest BCUT2D eigenvalue weighted by Gasteiger charge is 2.45. The van der Waals surface area contributed by atoms with E-state index in [0.717, 1.165) is 17.5 Å². The molecule has 1 saturated heterocycles. The number of ketones is 1. The van der Waals surface area contributed by atoms with E-state index in [1.807, 2.05) is 43.3 Å². The lowest BCUT2D eigenvalue weighted by Crippen LogP contribution is -2.32. The Kier molecular flexibility index (Phi) is 7.70. The summed E-state index contributed by atoms with van der Waals surface area (Å²) in [4.78, 5) is 27.3. The van der Waals surface area contributed by atoms with Crippen LogP contribution in [0.2, 0.25) is 0 Å². The van der Waals surface area contributed by atoms with Gasteiger partial charge < -0.3 is 19.5 Å². The summed E-state index contributed by atoms with van der Waals surface area (Å²) in [6.07, 6.45) is 0.869. The minimum atomic E-state index is -0.699. The molecule has 0 bridgehead atoms. The van der Waals surface area contributed by atoms with Crippen molar-refractivity contribution in [3.63, 3.8) is 0 Å². The molecule has 1 heterocycles. The van der Waals surface area contributed by atoms with Gasteiger partial charge in [-0.25, -0.2) is 0 Å². The van der Waals surface area contributed by atoms with Gasteiger partial charge >= 0.3 is 0 Å². The topological polar surface area (TPSA) is 76.1 Å². The number of nitrogens with zero attached hydrogens (tertiary/aromatic N) is 1. The Hall–Kier alpha value is -3.12. The summed E-state index contributed by atoms with van der Waals surface area (Å²) in [5, 5.41) is 11.1. The number of likely N-dealkylation sites (tertiary alicyclic amines) is 1. The fourth-order valence-electron chi connectivity index (χ4n) is 3.71. The van der Waals surface area contributed by atoms with Crippen molar-refractivity contribution in [3.8, 4) is 5.75 Å². The Morgan fingerprint density at radius 2 is 1.72 bits per heavy atom. The zero-order chi connectivity index (χ0) is 23.3. The molecule has 1 aliphatic rings. The molecule has 1 atom stereocenters. The summed E-state index contributed by atoms with van der Waals surface area (Å²) in [6, 6.07) is 14.0. The average molecular weight is 438 g/mol. The van der Waals surface area contributed by atoms with Gasteiger partial charge in [0.25, 0.3) is 11.7 Å². The number of hydrogen-bond acceptors (Lipinski definition) is 5. The summed E-state index contributed by atoms with van der Waals surface area (Å²) < 4.78 is 10.9. The maximum atomic E-state index is 13.0. The molecule has 1 unspecified atom stereocenters. The second kappa shape index (κ2) is 10.5. The number of carbonyl (C=O) groups is 2. The number of aryl methyl sites for hydroxylation is 1. The van der Waals surface area contributed by atoms with Crippen LogP contribution in [0.4, 0.5) is 0 Å². The highest BCUT2D eigenvalue weighted by atomic mass is 16.5. The lowest BCUT2D eigenvalue weighted by Gasteiger charge is -2.25. The Bertz CT molecular complexity index is 976. The molecular weight excluding hydrogens is 406 g/mol. The molecule has 1 aliphatic heterocycles. The summed E-state index contributed by atoms with van der Waals surface area (Å²) in [6.45, 7) is 7.31. The van der Waals surface area contributed by atoms with E-state index < -0.39 is 17.7 Å². The molecule has 0 saturated carbocycles. The number of aliphatic hydroxyl groups is 1. The number of methoxy groups -OCH3 is 1. The maximum absolute atomic E-state index is 13.0. The van der Waals surface area contributed by atoms with Gasteiger partial charge in [-0.1, -0.05) is 57.2 Å². The van der Waals surface area contributed by atoms with Crippen LogP contribution < -0.4 is 4.74 Å². The van der Waals surface area contributed by atoms with Crippen LogP contribution >= 0.6 is 0 Å². The quantitative estimate of drug-likeness (QED) is 0.359. The van der Waals surface area contributed by atoms with Crippen LogP contribution in [0.25, 0.3) is 5.76 Å². The zero-order valence-electron chi connectivity index (χ0n) is 19.1. The van der Waals surface area contributed by atoms with Gasteiger partial charge in [-0.3, -0.25) is 9.59 Å². The number of Topliss-reactive ketones (excluding diaryl/α,β-unsaturated/α-hetero) is 1. The minimum absolute atomic E-state index is 0.0891. The second-order valence-corrected chi connectivity index (χ2v) is 8.31. The Morgan fingerprint density at radius 1 is 1.06 bits per heavy atom. The third kappa shape index (κ3) is 5.02. The van der Waals surface area contributed by atoms with E-state index >= 15 is 0 Å². The van der Waals surface area contributed by atoms with Crippen LogP contribution in [0.15, 0.2) is 54.1 Å². The molecule has 2 aromatic carbocycles. The maximum Gasteiger partial charge on any atom is 0.295 e. The van der Waals surface area contributed by atoms with Gasteiger partial charge in [0.1, 0.15) is 11.5 Å². The molecule has 6 nitrogen and oxygen atoms in total. The molecule has 0 spiro atoms. The van der Waals surface area contributed by atoms with Crippen molar-refractivity contribution in [2.45, 2.75) is 33.2 Å². The molecule has 1 N–H and O–H groups in total. The van der Waals surface area contributed by atoms with Gasteiger partial charge in [0, 0.05) is 19.2 Å². The number of ether oxygens (including phenoxy) is 2. The first-order chi connectivity index (χ1) is 15.4. The fraction of sp³-hybridized carbons (Fsp3) is 0.385. The zero-order valence-corrected chi connectivity index (χ0v) is 19.1. The monoisotopic (exact) mass is 437 g/mol. The molecular formula is C26H31NO5. The smallest absolute Gasteiger partial charge is 0.295 e. The van der Waals surface area contributed by atoms with Gasteiger partial charge in [0.15, 0.2) is 0 Å². The second-order valence-electron chi connectivity index (χ2n) is 8.31. The van der Waals surface area contributed by atoms with Crippen molar-refractivity contribution in [3.05, 3.63) is 70.8 Å². The van der Waals surface area contributed by atoms with Crippen LogP contribution in [0, 0.1) is 5.92 Å². The van der Waals surface area contributed by atoms with Crippen LogP contribution in [-0.4, -0.2) is 48.6 Å². The van der Waals surface area contributed by atoms with Crippen molar-refractivity contribution < 1.29 is 24.2 Å². The van der Waals surface area contributed by atoms with Crippen molar-refractivity contribution in [1.82, 2.24) is 4.90 Å². The first kappa shape index (κ1) is 23.5. The molecule has 0 radical (unpaired) electrons. The van der Waals surface area contributed by atoms with Crippen molar-refractivity contribution in [2.75, 3.05) is 26.9 Å². The molecule has 0 aliphatic carbocycles. The first-order valence-corrected chi connectivity index (χ1v) is 11.0. The van der Waals surface area contributed by atoms with E-state index in [9.17, 15) is 14.7 Å². The molecule has 6 heteroatoms. The Labute approximate surface area is 189 Å². The largest absolute Gasteiger partial charge is 0.507 e. The molecule has 1 fully saturated rings. The Morgan fingerprint density at radius 3 is 2.28 bits per heavy atom. The molecule has 3 rings (SSSR count). The minimum Gasteiger partial charge on any atom is -0.507 e. The van der Waals surface area contributed by atoms with Crippen LogP contribution in [0.3, 0.4) is 0 Å². The summed E-state index contributed by atoms with van der Waals surface area (Å²) in [5.74, 6) is -0.389. The molecule has 0 aromatic heterocycles. The van der Waals surface area contributed by atoms with Gasteiger partial charge in [-0.05, 0) is 35.6 Å². The molecule has 1 amide bonds. The van der Waals surface area contributed by atoms with Crippen molar-refractivity contribution in [1.29, 1.82) is 0 Å². The highest BCUT2D eigenvalue weighted by molar-refractivity contribution is 6.46. The molecule has 2 aromatic rings. The number of amides is 1. The van der Waals surface area contributed by atoms with Crippen LogP contribution in [-0.2, 0) is 20.7 Å². The van der Waals surface area contributed by atoms with E-state index in [4.69, 9.17) is 9.47 Å². The van der Waals surface area contributed by atoms with Gasteiger partial charge in [0.2, 0.25) is 0 Å². The normalized spacial score (nSPS) is 17.9. The predicted octanol–water partition coefficient (Wildman–Crippen LogP) is 4.35. The van der Waals surface area contributed by atoms with E-state index in [-0.39, 0.29) is 24.5 Å². The fourth-order valence-corrected chi connectivity index (χ4v) is 3.71. The third-order valence-electron chi connectivity index (χ3n) is 5.49. The summed E-state index contributed by atoms with van der Waals surface area (Å²) in [7, 11) is 1.54. The summed E-state index contributed by atoms with van der Waals surface area (Å²) >= 11 is 0. The van der Waals surface area contributed by atoms with E-state index in [0.29, 0.717) is 23.8 Å². The molecule has 32 heavy (non-hydrogen) atoms. The van der Waals surface area contributed by atoms with Gasteiger partial charge in [-0.15, -0.1) is 0 Å². The van der Waals surface area contributed by atoms with E-state index in [1.165, 1.54) is 4.90 Å².